The molecule has 0 saturated heterocycles. The summed E-state index contributed by atoms with van der Waals surface area (Å²) in [6.45, 7) is 0.0163. The van der Waals surface area contributed by atoms with Crippen LogP contribution in [0.15, 0.2) is 12.2 Å². The van der Waals surface area contributed by atoms with Gasteiger partial charge in [0.25, 0.3) is 0 Å². The summed E-state index contributed by atoms with van der Waals surface area (Å²) in [6, 6.07) is 0. The molecule has 0 bridgehead atoms. The largest absolute Gasteiger partial charge is 0.460 e. The SMILES string of the molecule is OCCCCCCCCCC=CC(F)(F)C(F)(F)C(F)(F)C(F)(F)C(F)(F)C(F)(F)F. The minimum absolute atomic E-state index is 0.0163. The normalized spacial score (nSPS) is 15.2. The van der Waals surface area contributed by atoms with E-state index in [0.717, 1.165) is 12.8 Å². The molecule has 0 saturated carbocycles. The molecule has 0 atom stereocenters. The molecular formula is C17H21F13O. The van der Waals surface area contributed by atoms with Crippen LogP contribution in [0.1, 0.15) is 51.4 Å². The number of hydrogen-bond acceptors (Lipinski definition) is 1. The van der Waals surface area contributed by atoms with Gasteiger partial charge in [-0.1, -0.05) is 38.2 Å². The fourth-order valence-corrected chi connectivity index (χ4v) is 2.38. The monoisotopic (exact) mass is 488 g/mol. The highest BCUT2D eigenvalue weighted by Gasteiger charge is 2.90. The van der Waals surface area contributed by atoms with Gasteiger partial charge < -0.3 is 5.11 Å². The number of alkyl halides is 13. The Morgan fingerprint density at radius 3 is 1.29 bits per heavy atom. The Morgan fingerprint density at radius 2 is 0.871 bits per heavy atom. The second-order valence-corrected chi connectivity index (χ2v) is 6.81. The Hall–Kier alpha value is -1.21. The number of halogens is 13. The van der Waals surface area contributed by atoms with Crippen molar-refractivity contribution in [2.45, 2.75) is 87.2 Å². The minimum Gasteiger partial charge on any atom is -0.396 e. The Balaban J connectivity index is 5.15. The van der Waals surface area contributed by atoms with Crippen molar-refractivity contribution in [1.29, 1.82) is 0 Å². The predicted molar refractivity (Wildman–Crippen MR) is 84.0 cm³/mol. The van der Waals surface area contributed by atoms with Crippen molar-refractivity contribution in [1.82, 2.24) is 0 Å². The fraction of sp³-hybridized carbons (Fsp3) is 0.882. The van der Waals surface area contributed by atoms with Crippen molar-refractivity contribution in [3.8, 4) is 0 Å². The first-order valence-electron chi connectivity index (χ1n) is 9.05. The Bertz CT molecular complexity index is 567. The minimum atomic E-state index is -7.87. The summed E-state index contributed by atoms with van der Waals surface area (Å²) in [6.07, 6.45) is -4.59. The molecule has 31 heavy (non-hydrogen) atoms. The van der Waals surface area contributed by atoms with Crippen LogP contribution in [0.25, 0.3) is 0 Å². The molecule has 0 fully saturated rings. The van der Waals surface area contributed by atoms with E-state index >= 15 is 0 Å². The zero-order valence-electron chi connectivity index (χ0n) is 15.9. The number of rotatable bonds is 14. The van der Waals surface area contributed by atoms with Crippen LogP contribution in [0.5, 0.6) is 0 Å². The first-order valence-corrected chi connectivity index (χ1v) is 9.05. The highest BCUT2D eigenvalue weighted by molar-refractivity contribution is 5.15. The molecule has 0 unspecified atom stereocenters. The number of hydrogen-bond donors (Lipinski definition) is 1. The van der Waals surface area contributed by atoms with Gasteiger partial charge in [-0.05, 0) is 25.3 Å². The molecular weight excluding hydrogens is 467 g/mol. The molecule has 186 valence electrons. The number of aliphatic hydroxyl groups is 1. The lowest BCUT2D eigenvalue weighted by atomic mass is 9.93. The van der Waals surface area contributed by atoms with Gasteiger partial charge in [-0.3, -0.25) is 0 Å². The van der Waals surface area contributed by atoms with Crippen LogP contribution in [0.2, 0.25) is 0 Å². The van der Waals surface area contributed by atoms with Gasteiger partial charge in [0.15, 0.2) is 0 Å². The van der Waals surface area contributed by atoms with E-state index < -0.39 is 41.9 Å². The van der Waals surface area contributed by atoms with Gasteiger partial charge in [-0.25, -0.2) is 0 Å². The third kappa shape index (κ3) is 6.41. The van der Waals surface area contributed by atoms with Crippen molar-refractivity contribution in [3.63, 3.8) is 0 Å². The molecule has 0 aromatic carbocycles. The molecule has 0 heterocycles. The Morgan fingerprint density at radius 1 is 0.484 bits per heavy atom. The van der Waals surface area contributed by atoms with Crippen molar-refractivity contribution >= 4 is 0 Å². The second kappa shape index (κ2) is 10.6. The third-order valence-corrected chi connectivity index (χ3v) is 4.31. The summed E-state index contributed by atoms with van der Waals surface area (Å²) in [5.74, 6) is -36.7. The van der Waals surface area contributed by atoms with Gasteiger partial charge in [0, 0.05) is 6.61 Å². The maximum absolute atomic E-state index is 13.5. The van der Waals surface area contributed by atoms with Crippen LogP contribution >= 0.6 is 0 Å². The highest BCUT2D eigenvalue weighted by atomic mass is 19.4. The van der Waals surface area contributed by atoms with Gasteiger partial charge in [0.05, 0.1) is 0 Å². The first-order chi connectivity index (χ1) is 13.8. The molecule has 0 radical (unpaired) electrons. The van der Waals surface area contributed by atoms with Crippen LogP contribution in [-0.4, -0.2) is 47.5 Å². The van der Waals surface area contributed by atoms with E-state index in [1.807, 2.05) is 0 Å². The van der Waals surface area contributed by atoms with Crippen LogP contribution in [-0.2, 0) is 0 Å². The van der Waals surface area contributed by atoms with E-state index in [0.29, 0.717) is 25.7 Å². The maximum Gasteiger partial charge on any atom is 0.460 e. The third-order valence-electron chi connectivity index (χ3n) is 4.31. The average molecular weight is 488 g/mol. The molecule has 0 amide bonds. The van der Waals surface area contributed by atoms with E-state index in [1.165, 1.54) is 0 Å². The van der Waals surface area contributed by atoms with Gasteiger partial charge in [-0.2, -0.15) is 57.1 Å². The van der Waals surface area contributed by atoms with E-state index in [-0.39, 0.29) is 25.5 Å². The Kier molecular flexibility index (Phi) is 10.2. The molecule has 0 aliphatic rings. The molecule has 14 heteroatoms. The van der Waals surface area contributed by atoms with Crippen molar-refractivity contribution < 1.29 is 62.2 Å². The molecule has 0 spiro atoms. The van der Waals surface area contributed by atoms with E-state index in [1.54, 1.807) is 0 Å². The molecule has 0 aromatic heterocycles. The zero-order chi connectivity index (χ0) is 24.8. The standard InChI is InChI=1S/C17H21F13O/c18-12(19,10-8-6-4-2-1-3-5-7-9-11-31)13(20,21)14(22,23)15(24,25)16(26,27)17(28,29)30/h8,10,31H,1-7,9,11H2. The lowest BCUT2D eigenvalue weighted by Crippen LogP contribution is -2.69. The molecule has 1 N–H and O–H groups in total. The van der Waals surface area contributed by atoms with Crippen molar-refractivity contribution in [2.75, 3.05) is 6.61 Å². The van der Waals surface area contributed by atoms with Gasteiger partial charge in [0.1, 0.15) is 0 Å². The van der Waals surface area contributed by atoms with Crippen LogP contribution < -0.4 is 0 Å². The predicted octanol–water partition coefficient (Wildman–Crippen LogP) is 7.39. The molecule has 0 rings (SSSR count). The summed E-state index contributed by atoms with van der Waals surface area (Å²) >= 11 is 0. The average Bonchev–Trinajstić information content (AvgIpc) is 2.61. The lowest BCUT2D eigenvalue weighted by Gasteiger charge is -2.39. The summed E-state index contributed by atoms with van der Waals surface area (Å²) in [4.78, 5) is 0. The molecule has 1 nitrogen and oxygen atoms in total. The Labute approximate surface area is 169 Å². The van der Waals surface area contributed by atoms with Crippen molar-refractivity contribution in [3.05, 3.63) is 12.2 Å². The van der Waals surface area contributed by atoms with Gasteiger partial charge in [0.2, 0.25) is 0 Å². The first kappa shape index (κ1) is 29.8. The van der Waals surface area contributed by atoms with E-state index in [2.05, 4.69) is 0 Å². The molecule has 0 aliphatic carbocycles. The van der Waals surface area contributed by atoms with E-state index in [4.69, 9.17) is 5.11 Å². The lowest BCUT2D eigenvalue weighted by molar-refractivity contribution is -0.436. The fourth-order valence-electron chi connectivity index (χ4n) is 2.38. The summed E-state index contributed by atoms with van der Waals surface area (Å²) in [5.41, 5.74) is 0. The maximum atomic E-state index is 13.5. The second-order valence-electron chi connectivity index (χ2n) is 6.81. The van der Waals surface area contributed by atoms with Crippen LogP contribution in [0.4, 0.5) is 57.1 Å². The highest BCUT2D eigenvalue weighted by Crippen LogP contribution is 2.60. The summed E-state index contributed by atoms with van der Waals surface area (Å²) in [5, 5.41) is 8.56. The van der Waals surface area contributed by atoms with Crippen LogP contribution in [0, 0.1) is 0 Å². The quantitative estimate of drug-likeness (QED) is 0.154. The van der Waals surface area contributed by atoms with Crippen LogP contribution in [0.3, 0.4) is 0 Å². The smallest absolute Gasteiger partial charge is 0.396 e. The van der Waals surface area contributed by atoms with Gasteiger partial charge in [-0.15, -0.1) is 0 Å². The number of allylic oxidation sites excluding steroid dienone is 2. The van der Waals surface area contributed by atoms with Crippen molar-refractivity contribution in [2.24, 2.45) is 0 Å². The number of aliphatic hydroxyl groups excluding tert-OH is 1. The number of unbranched alkanes of at least 4 members (excludes halogenated alkanes) is 7. The molecule has 0 aliphatic heterocycles. The zero-order valence-corrected chi connectivity index (χ0v) is 15.9. The topological polar surface area (TPSA) is 20.2 Å². The van der Waals surface area contributed by atoms with Gasteiger partial charge >= 0.3 is 35.8 Å². The molecule has 0 aromatic rings. The van der Waals surface area contributed by atoms with E-state index in [9.17, 15) is 57.1 Å². The summed E-state index contributed by atoms with van der Waals surface area (Å²) < 4.78 is 168. The summed E-state index contributed by atoms with van der Waals surface area (Å²) in [7, 11) is 0.